The van der Waals surface area contributed by atoms with Gasteiger partial charge in [0.25, 0.3) is 0 Å². The molecule has 1 heterocycles. The quantitative estimate of drug-likeness (QED) is 0.546. The van der Waals surface area contributed by atoms with Crippen molar-refractivity contribution >= 4 is 74.8 Å². The van der Waals surface area contributed by atoms with Crippen LogP contribution in [0.5, 0.6) is 0 Å². The smallest absolute Gasteiger partial charge is 0.0148 e. The van der Waals surface area contributed by atoms with Crippen molar-refractivity contribution < 1.29 is 0 Å². The van der Waals surface area contributed by atoms with Crippen LogP contribution in [0.2, 0.25) is 19.6 Å². The Morgan fingerprint density at radius 2 is 1.50 bits per heavy atom. The second-order valence-corrected chi connectivity index (χ2v) is 50.6. The van der Waals surface area contributed by atoms with E-state index in [4.69, 9.17) is 0 Å². The summed E-state index contributed by atoms with van der Waals surface area (Å²) in [5.74, 6) is 0. The standard InChI is InChI=1S/C3H9Si9/c1-4-11-7-9-12(5-2,6-3)10-8-11/h1-3H3. The van der Waals surface area contributed by atoms with Gasteiger partial charge >= 0.3 is 0 Å². The summed E-state index contributed by atoms with van der Waals surface area (Å²) in [6.45, 7) is 7.47. The SMILES string of the molecule is C[Si][Si]1[Si][Si][Si]([Si]C)([Si]C)[Si][Si]1. The van der Waals surface area contributed by atoms with Crippen LogP contribution >= 0.6 is 0 Å². The Morgan fingerprint density at radius 3 is 1.83 bits per heavy atom. The van der Waals surface area contributed by atoms with Gasteiger partial charge in [0.15, 0.2) is 0 Å². The molecule has 0 N–H and O–H groups in total. The van der Waals surface area contributed by atoms with E-state index in [1.807, 2.05) is 0 Å². The molecule has 0 amide bonds. The molecule has 9 heteroatoms. The number of hydrogen-bond acceptors (Lipinski definition) is 0. The van der Waals surface area contributed by atoms with Crippen molar-refractivity contribution in [3.05, 3.63) is 0 Å². The van der Waals surface area contributed by atoms with Crippen molar-refractivity contribution in [3.63, 3.8) is 0 Å². The lowest BCUT2D eigenvalue weighted by Gasteiger charge is -2.34. The van der Waals surface area contributed by atoms with E-state index in [2.05, 4.69) is 19.6 Å². The van der Waals surface area contributed by atoms with Gasteiger partial charge in [0.1, 0.15) is 0 Å². The molecule has 0 aromatic carbocycles. The minimum Gasteiger partial charge on any atom is -0.0761 e. The highest BCUT2D eigenvalue weighted by Gasteiger charge is 2.35. The van der Waals surface area contributed by atoms with Crippen LogP contribution in [0.4, 0.5) is 0 Å². The summed E-state index contributed by atoms with van der Waals surface area (Å²) in [6, 6.07) is 0. The molecule has 1 rings (SSSR count). The van der Waals surface area contributed by atoms with Crippen LogP contribution in [0, 0.1) is 0 Å². The Morgan fingerprint density at radius 1 is 1.00 bits per heavy atom. The van der Waals surface area contributed by atoms with Crippen LogP contribution in [0.1, 0.15) is 0 Å². The van der Waals surface area contributed by atoms with Gasteiger partial charge in [-0.05, 0) is 0 Å². The van der Waals surface area contributed by atoms with E-state index in [1.165, 1.54) is 61.3 Å². The van der Waals surface area contributed by atoms with E-state index < -0.39 is 6.14 Å². The fourth-order valence-electron chi connectivity index (χ4n) is 0.875. The van der Waals surface area contributed by atoms with Crippen LogP contribution < -0.4 is 0 Å². The van der Waals surface area contributed by atoms with Crippen molar-refractivity contribution in [2.45, 2.75) is 19.6 Å². The monoisotopic (exact) mass is 297 g/mol. The molecule has 57 valence electrons. The molecule has 15 radical (unpaired) electrons. The third-order valence-electron chi connectivity index (χ3n) is 1.75. The second-order valence-electron chi connectivity index (χ2n) is 2.38. The van der Waals surface area contributed by atoms with Crippen LogP contribution in [0.15, 0.2) is 0 Å². The maximum absolute atomic E-state index is 2.50. The highest BCUT2D eigenvalue weighted by molar-refractivity contribution is 8.06. The third-order valence-corrected chi connectivity index (χ3v) is 87.8. The first kappa shape index (κ1) is 12.0. The maximum Gasteiger partial charge on any atom is 0.0148 e. The molecule has 0 bridgehead atoms. The lowest BCUT2D eigenvalue weighted by molar-refractivity contribution is 2.32. The van der Waals surface area contributed by atoms with Gasteiger partial charge in [-0.3, -0.25) is 0 Å². The average molecular weight is 298 g/mol. The molecule has 0 atom stereocenters. The molecule has 1 fully saturated rings. The van der Waals surface area contributed by atoms with E-state index in [9.17, 15) is 0 Å². The summed E-state index contributed by atoms with van der Waals surface area (Å²) in [5.41, 5.74) is 0. The summed E-state index contributed by atoms with van der Waals surface area (Å²) in [5, 5.41) is 0. The third kappa shape index (κ3) is 2.97. The molecule has 1 aliphatic rings. The Balaban J connectivity index is 2.42. The highest BCUT2D eigenvalue weighted by Crippen LogP contribution is 2.00. The van der Waals surface area contributed by atoms with Gasteiger partial charge in [-0.15, -0.1) is 0 Å². The van der Waals surface area contributed by atoms with Crippen LogP contribution in [-0.4, -0.2) is 74.8 Å². The summed E-state index contributed by atoms with van der Waals surface area (Å²) < 4.78 is 0. The minimum absolute atomic E-state index is 0.274. The van der Waals surface area contributed by atoms with Gasteiger partial charge in [0, 0.05) is 74.8 Å². The van der Waals surface area contributed by atoms with Crippen LogP contribution in [0.3, 0.4) is 0 Å². The van der Waals surface area contributed by atoms with Gasteiger partial charge in [0.05, 0.1) is 0 Å². The van der Waals surface area contributed by atoms with Gasteiger partial charge in [-0.25, -0.2) is 0 Å². The van der Waals surface area contributed by atoms with E-state index >= 15 is 0 Å². The normalized spacial score (nSPS) is 24.2. The fraction of sp³-hybridized carbons (Fsp3) is 1.00. The summed E-state index contributed by atoms with van der Waals surface area (Å²) >= 11 is 0. The van der Waals surface area contributed by atoms with Crippen molar-refractivity contribution in [2.75, 3.05) is 0 Å². The molecule has 12 heavy (non-hydrogen) atoms. The van der Waals surface area contributed by atoms with Gasteiger partial charge in [-0.1, -0.05) is 19.6 Å². The van der Waals surface area contributed by atoms with Crippen molar-refractivity contribution in [1.82, 2.24) is 0 Å². The summed E-state index contributed by atoms with van der Waals surface area (Å²) in [6.07, 6.45) is -0.523. The summed E-state index contributed by atoms with van der Waals surface area (Å²) in [4.78, 5) is 0. The first-order chi connectivity index (χ1) is 5.76. The Kier molecular flexibility index (Phi) is 5.75. The zero-order valence-corrected chi connectivity index (χ0v) is 16.5. The molecule has 1 saturated heterocycles. The van der Waals surface area contributed by atoms with E-state index in [-0.39, 0.29) is 7.35 Å². The van der Waals surface area contributed by atoms with E-state index in [1.54, 1.807) is 0 Å². The highest BCUT2D eigenvalue weighted by atomic mass is 30.4. The molecule has 0 unspecified atom stereocenters. The first-order valence-corrected chi connectivity index (χ1v) is 24.8. The second kappa shape index (κ2) is 5.74. The molecular formula is C3H9Si9. The largest absolute Gasteiger partial charge is 0.0761 e. The van der Waals surface area contributed by atoms with Crippen LogP contribution in [-0.2, 0) is 0 Å². The zero-order valence-electron chi connectivity index (χ0n) is 7.50. The Bertz CT molecular complexity index is 122. The predicted octanol–water partition coefficient (Wildman–Crippen LogP) is -1.68. The predicted molar refractivity (Wildman–Crippen MR) is 69.4 cm³/mol. The van der Waals surface area contributed by atoms with Crippen LogP contribution in [0.25, 0.3) is 0 Å². The van der Waals surface area contributed by atoms with Gasteiger partial charge in [-0.2, -0.15) is 0 Å². The Hall–Kier alpha value is 1.95. The van der Waals surface area contributed by atoms with Crippen molar-refractivity contribution in [3.8, 4) is 0 Å². The lowest BCUT2D eigenvalue weighted by atomic mass is 11.9. The molecule has 0 aliphatic carbocycles. The maximum atomic E-state index is 2.50. The summed E-state index contributed by atoms with van der Waals surface area (Å²) in [7, 11) is 10.4. The minimum atomic E-state index is -0.523. The van der Waals surface area contributed by atoms with Gasteiger partial charge < -0.3 is 0 Å². The molecular weight excluding hydrogens is 289 g/mol. The molecule has 0 aromatic rings. The van der Waals surface area contributed by atoms with E-state index in [0.717, 1.165) is 0 Å². The zero-order chi connectivity index (χ0) is 9.03. The molecule has 0 spiro atoms. The Labute approximate surface area is 93.9 Å². The molecule has 0 saturated carbocycles. The number of hydrogen-bond donors (Lipinski definition) is 0. The lowest BCUT2D eigenvalue weighted by Crippen LogP contribution is -2.71. The average Bonchev–Trinajstić information content (AvgIpc) is 2.18. The van der Waals surface area contributed by atoms with Crippen molar-refractivity contribution in [2.24, 2.45) is 0 Å². The molecule has 0 nitrogen and oxygen atoms in total. The first-order valence-electron chi connectivity index (χ1n) is 3.75. The topological polar surface area (TPSA) is 0 Å². The number of rotatable bonds is 3. The van der Waals surface area contributed by atoms with Crippen molar-refractivity contribution in [1.29, 1.82) is 0 Å². The molecule has 0 aromatic heterocycles. The fourth-order valence-corrected chi connectivity index (χ4v) is 125. The van der Waals surface area contributed by atoms with E-state index in [0.29, 0.717) is 0 Å². The van der Waals surface area contributed by atoms with Gasteiger partial charge in [0.2, 0.25) is 0 Å². The molecule has 1 aliphatic heterocycles.